The zero-order valence-corrected chi connectivity index (χ0v) is 22.7. The van der Waals surface area contributed by atoms with Crippen LogP contribution in [0.3, 0.4) is 0 Å². The molecule has 6 rings (SSSR count). The van der Waals surface area contributed by atoms with Gasteiger partial charge in [-0.1, -0.05) is 24.3 Å². The van der Waals surface area contributed by atoms with Gasteiger partial charge in [-0.3, -0.25) is 9.78 Å². The molecule has 0 radical (unpaired) electrons. The first-order valence-electron chi connectivity index (χ1n) is 13.5. The lowest BCUT2D eigenvalue weighted by Crippen LogP contribution is -2.47. The fourth-order valence-corrected chi connectivity index (χ4v) is 4.85. The normalized spacial score (nSPS) is 13.9. The molecular formula is C31H31N7O3. The van der Waals surface area contributed by atoms with E-state index in [1.807, 2.05) is 59.5 Å². The molecule has 3 aromatic heterocycles. The van der Waals surface area contributed by atoms with Gasteiger partial charge < -0.3 is 29.9 Å². The molecule has 4 heterocycles. The number of carbonyl (C=O) groups excluding carboxylic acids is 1. The minimum atomic E-state index is -0.0369. The second-order valence-electron chi connectivity index (χ2n) is 10.1. The zero-order chi connectivity index (χ0) is 28.2. The Labute approximate surface area is 237 Å². The number of ether oxygens (including phenoxy) is 1. The van der Waals surface area contributed by atoms with E-state index in [0.717, 1.165) is 53.9 Å². The van der Waals surface area contributed by atoms with E-state index in [1.165, 1.54) is 0 Å². The topological polar surface area (TPSA) is 120 Å². The Balaban J connectivity index is 1.15. The van der Waals surface area contributed by atoms with Crippen molar-refractivity contribution >= 4 is 28.4 Å². The number of pyridine rings is 1. The van der Waals surface area contributed by atoms with Gasteiger partial charge in [-0.05, 0) is 54.6 Å². The maximum atomic E-state index is 13.0. The Morgan fingerprint density at radius 2 is 1.76 bits per heavy atom. The maximum Gasteiger partial charge on any atom is 0.270 e. The van der Waals surface area contributed by atoms with Crippen molar-refractivity contribution in [1.29, 1.82) is 0 Å². The van der Waals surface area contributed by atoms with Crippen LogP contribution in [-0.2, 0) is 13.2 Å². The van der Waals surface area contributed by atoms with Crippen molar-refractivity contribution in [3.05, 3.63) is 95.9 Å². The highest BCUT2D eigenvalue weighted by Crippen LogP contribution is 2.25. The SMILES string of the molecule is CN1CCN(C(=O)c2cc3cc(Nc4nccc(-c5cc(OCc6ccccc6CO)ccn5)n4)ccc3[nH]2)CC1. The highest BCUT2D eigenvalue weighted by molar-refractivity contribution is 5.98. The fraction of sp³-hybridized carbons (Fsp3) is 0.226. The Hall–Kier alpha value is -4.80. The Bertz CT molecular complexity index is 1680. The van der Waals surface area contributed by atoms with Crippen LogP contribution in [0.25, 0.3) is 22.3 Å². The molecule has 3 N–H and O–H groups in total. The highest BCUT2D eigenvalue weighted by atomic mass is 16.5. The first kappa shape index (κ1) is 26.4. The number of rotatable bonds is 8. The molecule has 0 atom stereocenters. The average Bonchev–Trinajstić information content (AvgIpc) is 3.44. The summed E-state index contributed by atoms with van der Waals surface area (Å²) in [6.07, 6.45) is 3.36. The summed E-state index contributed by atoms with van der Waals surface area (Å²) < 4.78 is 5.98. The third-order valence-corrected chi connectivity index (χ3v) is 7.23. The van der Waals surface area contributed by atoms with E-state index in [1.54, 1.807) is 24.5 Å². The first-order valence-corrected chi connectivity index (χ1v) is 13.5. The van der Waals surface area contributed by atoms with Crippen LogP contribution < -0.4 is 10.1 Å². The number of amides is 1. The molecule has 1 aliphatic heterocycles. The molecule has 2 aromatic carbocycles. The van der Waals surface area contributed by atoms with Gasteiger partial charge in [-0.2, -0.15) is 0 Å². The molecule has 1 amide bonds. The van der Waals surface area contributed by atoms with E-state index < -0.39 is 0 Å². The van der Waals surface area contributed by atoms with Crippen molar-refractivity contribution in [2.24, 2.45) is 0 Å². The van der Waals surface area contributed by atoms with E-state index in [9.17, 15) is 9.90 Å². The van der Waals surface area contributed by atoms with Gasteiger partial charge in [0.25, 0.3) is 5.91 Å². The molecule has 1 saturated heterocycles. The summed E-state index contributed by atoms with van der Waals surface area (Å²) in [5.74, 6) is 1.10. The number of piperazine rings is 1. The number of aromatic nitrogens is 4. The Morgan fingerprint density at radius 1 is 0.951 bits per heavy atom. The molecule has 10 nitrogen and oxygen atoms in total. The lowest BCUT2D eigenvalue weighted by molar-refractivity contribution is 0.0659. The summed E-state index contributed by atoms with van der Waals surface area (Å²) >= 11 is 0. The van der Waals surface area contributed by atoms with E-state index in [0.29, 0.717) is 35.4 Å². The largest absolute Gasteiger partial charge is 0.489 e. The van der Waals surface area contributed by atoms with Gasteiger partial charge in [0.1, 0.15) is 18.1 Å². The number of hydrogen-bond acceptors (Lipinski definition) is 8. The third-order valence-electron chi connectivity index (χ3n) is 7.23. The molecule has 0 saturated carbocycles. The number of aliphatic hydroxyl groups is 1. The second kappa shape index (κ2) is 11.7. The number of anilines is 2. The van der Waals surface area contributed by atoms with Gasteiger partial charge in [-0.25, -0.2) is 9.97 Å². The molecular weight excluding hydrogens is 518 g/mol. The molecule has 208 valence electrons. The van der Waals surface area contributed by atoms with Crippen LogP contribution in [0.5, 0.6) is 5.75 Å². The van der Waals surface area contributed by atoms with Crippen LogP contribution >= 0.6 is 0 Å². The Morgan fingerprint density at radius 3 is 2.59 bits per heavy atom. The van der Waals surface area contributed by atoms with Crippen LogP contribution in [0.4, 0.5) is 11.6 Å². The summed E-state index contributed by atoms with van der Waals surface area (Å²) in [4.78, 5) is 33.9. The van der Waals surface area contributed by atoms with Gasteiger partial charge in [0.2, 0.25) is 5.95 Å². The van der Waals surface area contributed by atoms with Crippen LogP contribution in [0, 0.1) is 0 Å². The molecule has 41 heavy (non-hydrogen) atoms. The second-order valence-corrected chi connectivity index (χ2v) is 10.1. The minimum absolute atomic E-state index is 0.0242. The number of carbonyl (C=O) groups is 1. The quantitative estimate of drug-likeness (QED) is 0.263. The molecule has 10 heteroatoms. The average molecular weight is 550 g/mol. The number of nitrogens with one attached hydrogen (secondary N) is 2. The zero-order valence-electron chi connectivity index (χ0n) is 22.7. The number of likely N-dealkylation sites (N-methyl/N-ethyl adjacent to an activating group) is 1. The number of aliphatic hydroxyl groups excluding tert-OH is 1. The minimum Gasteiger partial charge on any atom is -0.489 e. The molecule has 0 unspecified atom stereocenters. The first-order chi connectivity index (χ1) is 20.1. The molecule has 1 aliphatic rings. The lowest BCUT2D eigenvalue weighted by atomic mass is 10.1. The van der Waals surface area contributed by atoms with Crippen LogP contribution in [-0.4, -0.2) is 74.0 Å². The predicted octanol–water partition coefficient (Wildman–Crippen LogP) is 4.22. The van der Waals surface area contributed by atoms with Gasteiger partial charge in [-0.15, -0.1) is 0 Å². The Kier molecular flexibility index (Phi) is 7.57. The standard InChI is InChI=1S/C31H31N7O3/c1-37-12-14-38(15-13-37)30(40)29-17-23-16-24(6-7-26(23)35-29)34-31-33-11-9-27(36-31)28-18-25(8-10-32-28)41-20-22-5-3-2-4-21(22)19-39/h2-11,16-18,35,39H,12-15,19-20H2,1H3,(H,33,34,36). The maximum absolute atomic E-state index is 13.0. The lowest BCUT2D eigenvalue weighted by Gasteiger charge is -2.32. The molecule has 0 aliphatic carbocycles. The monoisotopic (exact) mass is 549 g/mol. The highest BCUT2D eigenvalue weighted by Gasteiger charge is 2.21. The predicted molar refractivity (Wildman–Crippen MR) is 157 cm³/mol. The summed E-state index contributed by atoms with van der Waals surface area (Å²) in [6, 6.07) is 20.8. The summed E-state index contributed by atoms with van der Waals surface area (Å²) in [5, 5.41) is 13.8. The van der Waals surface area contributed by atoms with Crippen molar-refractivity contribution in [3.63, 3.8) is 0 Å². The molecule has 0 spiro atoms. The van der Waals surface area contributed by atoms with Crippen molar-refractivity contribution in [1.82, 2.24) is 29.7 Å². The van der Waals surface area contributed by atoms with Gasteiger partial charge in [0.15, 0.2) is 0 Å². The number of H-pyrrole nitrogens is 1. The van der Waals surface area contributed by atoms with Crippen molar-refractivity contribution in [2.45, 2.75) is 13.2 Å². The van der Waals surface area contributed by atoms with Gasteiger partial charge in [0, 0.05) is 61.2 Å². The van der Waals surface area contributed by atoms with Gasteiger partial charge >= 0.3 is 0 Å². The van der Waals surface area contributed by atoms with Crippen molar-refractivity contribution < 1.29 is 14.6 Å². The smallest absolute Gasteiger partial charge is 0.270 e. The van der Waals surface area contributed by atoms with Crippen LogP contribution in [0.2, 0.25) is 0 Å². The van der Waals surface area contributed by atoms with E-state index in [4.69, 9.17) is 4.74 Å². The number of benzene rings is 2. The number of nitrogens with zero attached hydrogens (tertiary/aromatic N) is 5. The number of fused-ring (bicyclic) bond motifs is 1. The van der Waals surface area contributed by atoms with E-state index >= 15 is 0 Å². The van der Waals surface area contributed by atoms with Crippen molar-refractivity contribution in [3.8, 4) is 17.1 Å². The number of aromatic amines is 1. The van der Waals surface area contributed by atoms with Crippen molar-refractivity contribution in [2.75, 3.05) is 38.5 Å². The van der Waals surface area contributed by atoms with E-state index in [2.05, 4.69) is 37.2 Å². The van der Waals surface area contributed by atoms with Crippen LogP contribution in [0.1, 0.15) is 21.6 Å². The summed E-state index contributed by atoms with van der Waals surface area (Å²) in [7, 11) is 2.07. The van der Waals surface area contributed by atoms with Gasteiger partial charge in [0.05, 0.1) is 18.0 Å². The molecule has 5 aromatic rings. The molecule has 1 fully saturated rings. The summed E-state index contributed by atoms with van der Waals surface area (Å²) in [5.41, 5.74) is 5.35. The van der Waals surface area contributed by atoms with E-state index in [-0.39, 0.29) is 12.5 Å². The van der Waals surface area contributed by atoms with Crippen LogP contribution in [0.15, 0.2) is 79.1 Å². The molecule has 0 bridgehead atoms. The fourth-order valence-electron chi connectivity index (χ4n) is 4.85. The third kappa shape index (κ3) is 6.03. The summed E-state index contributed by atoms with van der Waals surface area (Å²) in [6.45, 7) is 3.52. The number of hydrogen-bond donors (Lipinski definition) is 3.